The van der Waals surface area contributed by atoms with Crippen LogP contribution in [-0.4, -0.2) is 19.6 Å². The number of hydrogen-bond acceptors (Lipinski definition) is 6. The molecule has 2 aromatic carbocycles. The maximum Gasteiger partial charge on any atom is 0.271 e. The monoisotopic (exact) mass is 314 g/mol. The van der Waals surface area contributed by atoms with Crippen molar-refractivity contribution in [1.29, 1.82) is 0 Å². The van der Waals surface area contributed by atoms with E-state index in [0.717, 1.165) is 5.39 Å². The number of rotatable bonds is 5. The fourth-order valence-electron chi connectivity index (χ4n) is 2.08. The summed E-state index contributed by atoms with van der Waals surface area (Å²) in [4.78, 5) is 20.4. The van der Waals surface area contributed by atoms with Gasteiger partial charge < -0.3 is 4.74 Å². The van der Waals surface area contributed by atoms with Gasteiger partial charge in [0.2, 0.25) is 0 Å². The van der Waals surface area contributed by atoms with Gasteiger partial charge in [-0.25, -0.2) is 4.68 Å². The van der Waals surface area contributed by atoms with E-state index in [9.17, 15) is 20.2 Å². The molecule has 0 saturated carbocycles. The van der Waals surface area contributed by atoms with Gasteiger partial charge in [0.25, 0.3) is 11.4 Å². The molecule has 0 spiro atoms. The minimum Gasteiger partial charge on any atom is -0.471 e. The average molecular weight is 314 g/mol. The molecular weight excluding hydrogens is 304 g/mol. The minimum absolute atomic E-state index is 0.0301. The van der Waals surface area contributed by atoms with Crippen molar-refractivity contribution in [2.75, 3.05) is 0 Å². The summed E-state index contributed by atoms with van der Waals surface area (Å²) in [5, 5.41) is 26.3. The Labute approximate surface area is 129 Å². The molecule has 0 radical (unpaired) electrons. The zero-order valence-corrected chi connectivity index (χ0v) is 11.7. The van der Waals surface area contributed by atoms with Gasteiger partial charge in [-0.3, -0.25) is 20.2 Å². The Balaban J connectivity index is 1.80. The lowest BCUT2D eigenvalue weighted by atomic mass is 10.2. The molecule has 9 nitrogen and oxygen atoms in total. The Hall–Kier alpha value is -3.49. The van der Waals surface area contributed by atoms with Crippen molar-refractivity contribution in [1.82, 2.24) is 9.78 Å². The normalized spacial score (nSPS) is 10.6. The fraction of sp³-hybridized carbons (Fsp3) is 0.0714. The number of benzene rings is 2. The largest absolute Gasteiger partial charge is 0.471 e. The molecule has 116 valence electrons. The van der Waals surface area contributed by atoms with E-state index in [1.807, 2.05) is 0 Å². The summed E-state index contributed by atoms with van der Waals surface area (Å²) >= 11 is 0. The van der Waals surface area contributed by atoms with Crippen molar-refractivity contribution in [2.45, 2.75) is 6.73 Å². The van der Waals surface area contributed by atoms with Crippen LogP contribution in [-0.2, 0) is 6.73 Å². The molecule has 23 heavy (non-hydrogen) atoms. The van der Waals surface area contributed by atoms with Crippen LogP contribution in [0.1, 0.15) is 0 Å². The Morgan fingerprint density at radius 2 is 1.65 bits per heavy atom. The van der Waals surface area contributed by atoms with E-state index in [-0.39, 0.29) is 18.1 Å². The molecule has 0 amide bonds. The second-order valence-electron chi connectivity index (χ2n) is 4.67. The molecule has 9 heteroatoms. The highest BCUT2D eigenvalue weighted by Gasteiger charge is 2.10. The first-order valence-corrected chi connectivity index (χ1v) is 6.52. The average Bonchev–Trinajstić information content (AvgIpc) is 2.95. The molecule has 0 aliphatic heterocycles. The molecule has 0 bridgehead atoms. The Bertz CT molecular complexity index is 888. The quantitative estimate of drug-likeness (QED) is 0.528. The van der Waals surface area contributed by atoms with Gasteiger partial charge in [-0.2, -0.15) is 5.10 Å². The van der Waals surface area contributed by atoms with E-state index in [0.29, 0.717) is 11.3 Å². The van der Waals surface area contributed by atoms with E-state index < -0.39 is 9.85 Å². The predicted molar refractivity (Wildman–Crippen MR) is 80.1 cm³/mol. The van der Waals surface area contributed by atoms with E-state index >= 15 is 0 Å². The maximum atomic E-state index is 10.8. The third-order valence-corrected chi connectivity index (χ3v) is 3.24. The number of nitro groups is 2. The van der Waals surface area contributed by atoms with Crippen LogP contribution < -0.4 is 4.74 Å². The third-order valence-electron chi connectivity index (χ3n) is 3.24. The smallest absolute Gasteiger partial charge is 0.271 e. The van der Waals surface area contributed by atoms with Crippen LogP contribution in [0.2, 0.25) is 0 Å². The standard InChI is InChI=1S/C14H10N4O5/c19-17(20)11-3-5-13(6-4-11)23-9-16-14-7-12(18(21)22)2-1-10(14)8-15-16/h1-8H,9H2. The van der Waals surface area contributed by atoms with E-state index in [1.54, 1.807) is 12.3 Å². The van der Waals surface area contributed by atoms with Crippen LogP contribution in [0.15, 0.2) is 48.7 Å². The summed E-state index contributed by atoms with van der Waals surface area (Å²) < 4.78 is 6.98. The van der Waals surface area contributed by atoms with Crippen molar-refractivity contribution < 1.29 is 14.6 Å². The van der Waals surface area contributed by atoms with Crippen molar-refractivity contribution in [3.63, 3.8) is 0 Å². The van der Waals surface area contributed by atoms with Crippen LogP contribution in [0, 0.1) is 20.2 Å². The van der Waals surface area contributed by atoms with Crippen LogP contribution in [0.4, 0.5) is 11.4 Å². The molecule has 0 fully saturated rings. The number of fused-ring (bicyclic) bond motifs is 1. The van der Waals surface area contributed by atoms with Gasteiger partial charge in [0.05, 0.1) is 21.6 Å². The molecule has 0 aliphatic rings. The van der Waals surface area contributed by atoms with Crippen LogP contribution in [0.25, 0.3) is 10.9 Å². The van der Waals surface area contributed by atoms with Crippen molar-refractivity contribution in [3.8, 4) is 5.75 Å². The molecule has 1 aromatic heterocycles. The lowest BCUT2D eigenvalue weighted by molar-refractivity contribution is -0.385. The molecule has 1 heterocycles. The van der Waals surface area contributed by atoms with E-state index in [1.165, 1.54) is 41.1 Å². The van der Waals surface area contributed by atoms with Crippen molar-refractivity contribution in [3.05, 3.63) is 68.9 Å². The molecule has 0 unspecified atom stereocenters. The van der Waals surface area contributed by atoms with Gasteiger partial charge >= 0.3 is 0 Å². The molecule has 0 atom stereocenters. The third kappa shape index (κ3) is 2.93. The van der Waals surface area contributed by atoms with E-state index in [4.69, 9.17) is 4.74 Å². The molecule has 3 aromatic rings. The van der Waals surface area contributed by atoms with E-state index in [2.05, 4.69) is 5.10 Å². The lowest BCUT2D eigenvalue weighted by Gasteiger charge is -2.07. The van der Waals surface area contributed by atoms with Gasteiger partial charge in [0, 0.05) is 29.7 Å². The fourth-order valence-corrected chi connectivity index (χ4v) is 2.08. The highest BCUT2D eigenvalue weighted by molar-refractivity contribution is 5.80. The zero-order chi connectivity index (χ0) is 16.4. The van der Waals surface area contributed by atoms with Gasteiger partial charge in [-0.1, -0.05) is 0 Å². The van der Waals surface area contributed by atoms with Crippen LogP contribution >= 0.6 is 0 Å². The molecule has 3 rings (SSSR count). The SMILES string of the molecule is O=[N+]([O-])c1ccc(OCn2ncc3ccc([N+](=O)[O-])cc32)cc1. The number of nitrogens with zero attached hydrogens (tertiary/aromatic N) is 4. The van der Waals surface area contributed by atoms with Gasteiger partial charge in [0.1, 0.15) is 5.75 Å². The second-order valence-corrected chi connectivity index (χ2v) is 4.67. The molecule has 0 aliphatic carbocycles. The van der Waals surface area contributed by atoms with Crippen LogP contribution in [0.5, 0.6) is 5.75 Å². The molecule has 0 saturated heterocycles. The number of hydrogen-bond donors (Lipinski definition) is 0. The zero-order valence-electron chi connectivity index (χ0n) is 11.7. The maximum absolute atomic E-state index is 10.8. The minimum atomic E-state index is -0.496. The topological polar surface area (TPSA) is 113 Å². The predicted octanol–water partition coefficient (Wildman–Crippen LogP) is 2.89. The van der Waals surface area contributed by atoms with Crippen molar-refractivity contribution >= 4 is 22.3 Å². The highest BCUT2D eigenvalue weighted by atomic mass is 16.6. The van der Waals surface area contributed by atoms with Crippen LogP contribution in [0.3, 0.4) is 0 Å². The summed E-state index contributed by atoms with van der Waals surface area (Å²) in [6.45, 7) is 0.0302. The lowest BCUT2D eigenvalue weighted by Crippen LogP contribution is -2.06. The van der Waals surface area contributed by atoms with Gasteiger partial charge in [-0.15, -0.1) is 0 Å². The summed E-state index contributed by atoms with van der Waals surface area (Å²) in [6, 6.07) is 10.1. The number of aromatic nitrogens is 2. The number of ether oxygens (including phenoxy) is 1. The first-order valence-electron chi connectivity index (χ1n) is 6.52. The summed E-state index contributed by atoms with van der Waals surface area (Å²) in [7, 11) is 0. The number of nitro benzene ring substituents is 2. The Morgan fingerprint density at radius 1 is 1.00 bits per heavy atom. The summed E-state index contributed by atoms with van der Waals surface area (Å²) in [5.74, 6) is 0.435. The molecule has 0 N–H and O–H groups in total. The first kappa shape index (κ1) is 14.4. The van der Waals surface area contributed by atoms with Gasteiger partial charge in [0.15, 0.2) is 6.73 Å². The summed E-state index contributed by atoms with van der Waals surface area (Å²) in [6.07, 6.45) is 1.58. The first-order chi connectivity index (χ1) is 11.0. The molecular formula is C14H10N4O5. The second kappa shape index (κ2) is 5.72. The Kier molecular flexibility index (Phi) is 3.59. The Morgan fingerprint density at radius 3 is 2.30 bits per heavy atom. The number of non-ortho nitro benzene ring substituents is 2. The van der Waals surface area contributed by atoms with Gasteiger partial charge in [-0.05, 0) is 18.2 Å². The highest BCUT2D eigenvalue weighted by Crippen LogP contribution is 2.22. The summed E-state index contributed by atoms with van der Waals surface area (Å²) in [5.41, 5.74) is 0.508. The van der Waals surface area contributed by atoms with Crippen molar-refractivity contribution in [2.24, 2.45) is 0 Å².